The molecule has 0 aliphatic heterocycles. The summed E-state index contributed by atoms with van der Waals surface area (Å²) in [6.07, 6.45) is 3.27. The van der Waals surface area contributed by atoms with Gasteiger partial charge >= 0.3 is 123 Å². The molecule has 1 unspecified atom stereocenters. The normalized spacial score (nSPS) is 12.6. The first-order valence-electron chi connectivity index (χ1n) is 6.94. The standard InChI is InChI=1S/C17H15BN2O/c21-18-12-19-11-16(13-4-2-1-3-5-13)14-6-7-17-15(10-14)8-9-20-17/h1-10,12,16,20H,11H2/b19-12+. The van der Waals surface area contributed by atoms with Crippen LogP contribution in [-0.4, -0.2) is 24.8 Å². The number of aliphatic imine (C=N–C) groups is 1. The van der Waals surface area contributed by atoms with Crippen molar-refractivity contribution in [2.75, 3.05) is 6.54 Å². The molecule has 102 valence electrons. The van der Waals surface area contributed by atoms with Crippen LogP contribution in [0.1, 0.15) is 17.0 Å². The van der Waals surface area contributed by atoms with Gasteiger partial charge < -0.3 is 0 Å². The summed E-state index contributed by atoms with van der Waals surface area (Å²) in [6.45, 7) is 0.568. The Balaban J connectivity index is 2.00. The molecule has 3 rings (SSSR count). The number of nitrogens with one attached hydrogen (secondary N) is 1. The molecule has 3 aromatic rings. The molecule has 0 radical (unpaired) electrons. The van der Waals surface area contributed by atoms with Gasteiger partial charge in [-0.1, -0.05) is 0 Å². The molecule has 4 heteroatoms. The molecule has 0 saturated carbocycles. The number of benzene rings is 2. The van der Waals surface area contributed by atoms with Crippen LogP contribution >= 0.6 is 0 Å². The molecular formula is C17H15BN2O. The van der Waals surface area contributed by atoms with Crippen molar-refractivity contribution in [2.45, 2.75) is 5.92 Å². The quantitative estimate of drug-likeness (QED) is 0.562. The van der Waals surface area contributed by atoms with Gasteiger partial charge in [-0.3, -0.25) is 0 Å². The van der Waals surface area contributed by atoms with Gasteiger partial charge in [0.25, 0.3) is 0 Å². The van der Waals surface area contributed by atoms with E-state index in [1.54, 1.807) is 0 Å². The Kier molecular flexibility index (Phi) is 4.06. The fraction of sp³-hybridized carbons (Fsp3) is 0.118. The van der Waals surface area contributed by atoms with Crippen molar-refractivity contribution in [3.8, 4) is 0 Å². The van der Waals surface area contributed by atoms with E-state index in [1.807, 2.05) is 24.4 Å². The first-order chi connectivity index (χ1) is 10.4. The van der Waals surface area contributed by atoms with Crippen LogP contribution in [0.5, 0.6) is 0 Å². The number of hydrogen-bond acceptors (Lipinski definition) is 2. The van der Waals surface area contributed by atoms with E-state index in [0.717, 1.165) is 12.7 Å². The SMILES string of the molecule is O=B/C=N/CC(c1ccccc1)c1ccc2[nH]ccc2c1. The monoisotopic (exact) mass is 274 g/mol. The van der Waals surface area contributed by atoms with Crippen LogP contribution < -0.4 is 0 Å². The zero-order chi connectivity index (χ0) is 14.5. The van der Waals surface area contributed by atoms with Crippen LogP contribution in [0.25, 0.3) is 10.9 Å². The van der Waals surface area contributed by atoms with Gasteiger partial charge in [-0.25, -0.2) is 0 Å². The fourth-order valence-electron chi connectivity index (χ4n) is 2.59. The Morgan fingerprint density at radius 3 is 2.76 bits per heavy atom. The Bertz CT molecular complexity index is 765. The second kappa shape index (κ2) is 6.31. The molecule has 1 atom stereocenters. The average Bonchev–Trinajstić information content (AvgIpc) is 3.00. The number of fused-ring (bicyclic) bond motifs is 1. The van der Waals surface area contributed by atoms with Gasteiger partial charge in [0.05, 0.1) is 0 Å². The Hall–Kier alpha value is -2.49. The second-order valence-electron chi connectivity index (χ2n) is 4.94. The summed E-state index contributed by atoms with van der Waals surface area (Å²) in [4.78, 5) is 7.41. The summed E-state index contributed by atoms with van der Waals surface area (Å²) in [5.41, 5.74) is 3.54. The van der Waals surface area contributed by atoms with Crippen LogP contribution in [0.2, 0.25) is 0 Å². The van der Waals surface area contributed by atoms with Crippen LogP contribution in [0.3, 0.4) is 0 Å². The van der Waals surface area contributed by atoms with E-state index in [1.165, 1.54) is 22.6 Å². The maximum absolute atomic E-state index is 10.4. The van der Waals surface area contributed by atoms with Crippen LogP contribution in [-0.2, 0) is 4.70 Å². The van der Waals surface area contributed by atoms with Crippen molar-refractivity contribution in [3.63, 3.8) is 0 Å². The first kappa shape index (κ1) is 13.5. The summed E-state index contributed by atoms with van der Waals surface area (Å²) < 4.78 is 10.4. The zero-order valence-corrected chi connectivity index (χ0v) is 11.6. The van der Waals surface area contributed by atoms with E-state index in [4.69, 9.17) is 0 Å². The zero-order valence-electron chi connectivity index (χ0n) is 11.6. The van der Waals surface area contributed by atoms with Gasteiger partial charge in [0.1, 0.15) is 0 Å². The number of aromatic nitrogens is 1. The number of hydrogen-bond donors (Lipinski definition) is 1. The van der Waals surface area contributed by atoms with Crippen molar-refractivity contribution in [3.05, 3.63) is 71.9 Å². The van der Waals surface area contributed by atoms with Crippen molar-refractivity contribution < 1.29 is 4.70 Å². The molecule has 2 aromatic carbocycles. The number of H-pyrrole nitrogens is 1. The summed E-state index contributed by atoms with van der Waals surface area (Å²) in [5, 5.41) is 1.19. The predicted molar refractivity (Wildman–Crippen MR) is 86.4 cm³/mol. The molecule has 0 spiro atoms. The summed E-state index contributed by atoms with van der Waals surface area (Å²) >= 11 is 0. The summed E-state index contributed by atoms with van der Waals surface area (Å²) in [5.74, 6) is 0.154. The minimum absolute atomic E-state index is 0.154. The van der Waals surface area contributed by atoms with Gasteiger partial charge in [-0.05, 0) is 0 Å². The summed E-state index contributed by atoms with van der Waals surface area (Å²) in [7, 11) is 0.720. The molecule has 0 saturated heterocycles. The van der Waals surface area contributed by atoms with Crippen molar-refractivity contribution in [2.24, 2.45) is 4.99 Å². The molecule has 0 aliphatic carbocycles. The molecule has 21 heavy (non-hydrogen) atoms. The van der Waals surface area contributed by atoms with Crippen molar-refractivity contribution in [1.29, 1.82) is 0 Å². The van der Waals surface area contributed by atoms with Crippen LogP contribution in [0.15, 0.2) is 65.8 Å². The molecule has 1 heterocycles. The van der Waals surface area contributed by atoms with E-state index in [-0.39, 0.29) is 5.92 Å². The van der Waals surface area contributed by atoms with Gasteiger partial charge in [-0.15, -0.1) is 0 Å². The minimum atomic E-state index is 0.154. The number of nitrogens with zero attached hydrogens (tertiary/aromatic N) is 1. The third-order valence-electron chi connectivity index (χ3n) is 3.64. The summed E-state index contributed by atoms with van der Waals surface area (Å²) in [6, 6.07) is 18.7. The Morgan fingerprint density at radius 2 is 1.95 bits per heavy atom. The third kappa shape index (κ3) is 3.00. The maximum atomic E-state index is 10.4. The molecule has 0 fully saturated rings. The molecule has 0 bridgehead atoms. The van der Waals surface area contributed by atoms with E-state index >= 15 is 0 Å². The predicted octanol–water partition coefficient (Wildman–Crippen LogP) is 3.38. The number of aromatic amines is 1. The molecule has 1 aromatic heterocycles. The van der Waals surface area contributed by atoms with Gasteiger partial charge in [0.15, 0.2) is 0 Å². The van der Waals surface area contributed by atoms with Gasteiger partial charge in [0, 0.05) is 0 Å². The first-order valence-corrected chi connectivity index (χ1v) is 6.94. The van der Waals surface area contributed by atoms with Crippen molar-refractivity contribution in [1.82, 2.24) is 4.98 Å². The van der Waals surface area contributed by atoms with E-state index in [2.05, 4.69) is 46.4 Å². The van der Waals surface area contributed by atoms with E-state index in [9.17, 15) is 4.70 Å². The Morgan fingerprint density at radius 1 is 1.10 bits per heavy atom. The average molecular weight is 274 g/mol. The van der Waals surface area contributed by atoms with E-state index < -0.39 is 0 Å². The van der Waals surface area contributed by atoms with Gasteiger partial charge in [-0.2, -0.15) is 0 Å². The third-order valence-corrected chi connectivity index (χ3v) is 3.64. The fourth-order valence-corrected chi connectivity index (χ4v) is 2.59. The van der Waals surface area contributed by atoms with E-state index in [0.29, 0.717) is 6.54 Å². The second-order valence-corrected chi connectivity index (χ2v) is 4.94. The van der Waals surface area contributed by atoms with Crippen LogP contribution in [0.4, 0.5) is 0 Å². The van der Waals surface area contributed by atoms with Crippen LogP contribution in [0, 0.1) is 0 Å². The molecule has 3 nitrogen and oxygen atoms in total. The van der Waals surface area contributed by atoms with Crippen molar-refractivity contribution >= 4 is 24.2 Å². The number of rotatable bonds is 5. The molecule has 0 amide bonds. The topological polar surface area (TPSA) is 45.2 Å². The van der Waals surface area contributed by atoms with Gasteiger partial charge in [0.2, 0.25) is 0 Å². The Labute approximate surface area is 124 Å². The molecule has 0 aliphatic rings. The molecular weight excluding hydrogens is 259 g/mol. The molecule has 1 N–H and O–H groups in total.